The normalized spacial score (nSPS) is 17.1. The van der Waals surface area contributed by atoms with Crippen LogP contribution in [0.2, 0.25) is 0 Å². The first-order chi connectivity index (χ1) is 11.1. The van der Waals surface area contributed by atoms with Crippen LogP contribution in [0.4, 0.5) is 0 Å². The number of nitrogens with one attached hydrogen (secondary N) is 1. The number of fused-ring (bicyclic) bond motifs is 1. The van der Waals surface area contributed by atoms with E-state index in [-0.39, 0.29) is 11.8 Å². The van der Waals surface area contributed by atoms with E-state index in [1.807, 2.05) is 18.2 Å². The predicted octanol–water partition coefficient (Wildman–Crippen LogP) is 4.08. The summed E-state index contributed by atoms with van der Waals surface area (Å²) in [6.45, 7) is 5.15. The summed E-state index contributed by atoms with van der Waals surface area (Å²) in [6.07, 6.45) is 3.72. The fourth-order valence-corrected chi connectivity index (χ4v) is 4.12. The molecule has 1 aromatic heterocycles. The van der Waals surface area contributed by atoms with Gasteiger partial charge in [-0.1, -0.05) is 44.2 Å². The van der Waals surface area contributed by atoms with Gasteiger partial charge in [0.1, 0.15) is 5.01 Å². The molecule has 2 aromatic rings. The molecule has 1 unspecified atom stereocenters. The molecule has 1 amide bonds. The van der Waals surface area contributed by atoms with Crippen LogP contribution in [0, 0.1) is 11.8 Å². The van der Waals surface area contributed by atoms with E-state index in [0.717, 1.165) is 37.2 Å². The number of carbonyl (C=O) groups excluding carboxylic acids is 1. The van der Waals surface area contributed by atoms with E-state index >= 15 is 0 Å². The first-order valence-corrected chi connectivity index (χ1v) is 9.27. The molecule has 0 bridgehead atoms. The molecule has 3 rings (SSSR count). The summed E-state index contributed by atoms with van der Waals surface area (Å²) in [6, 6.07) is 10.3. The molecule has 1 aromatic carbocycles. The van der Waals surface area contributed by atoms with Crippen molar-refractivity contribution >= 4 is 17.2 Å². The molecule has 3 nitrogen and oxygen atoms in total. The minimum atomic E-state index is 0.110. The Morgan fingerprint density at radius 1 is 1.35 bits per heavy atom. The summed E-state index contributed by atoms with van der Waals surface area (Å²) < 4.78 is 0. The van der Waals surface area contributed by atoms with Gasteiger partial charge in [0.25, 0.3) is 0 Å². The van der Waals surface area contributed by atoms with Crippen LogP contribution in [-0.4, -0.2) is 17.4 Å². The van der Waals surface area contributed by atoms with E-state index in [2.05, 4.69) is 31.3 Å². The second-order valence-corrected chi connectivity index (χ2v) is 7.75. The molecule has 1 aliphatic rings. The van der Waals surface area contributed by atoms with Crippen LogP contribution in [0.15, 0.2) is 30.3 Å². The highest BCUT2D eigenvalue weighted by atomic mass is 32.1. The van der Waals surface area contributed by atoms with E-state index in [9.17, 15) is 4.79 Å². The number of hydrogen-bond acceptors (Lipinski definition) is 3. The second kappa shape index (κ2) is 7.26. The summed E-state index contributed by atoms with van der Waals surface area (Å²) in [5.74, 6) is 0.952. The zero-order valence-electron chi connectivity index (χ0n) is 13.8. The minimum absolute atomic E-state index is 0.110. The van der Waals surface area contributed by atoms with Gasteiger partial charge in [0.05, 0.1) is 5.69 Å². The SMILES string of the molecule is CC(C)CCNC(=O)C1CCc2nc(-c3ccccc3)sc2C1. The highest BCUT2D eigenvalue weighted by Crippen LogP contribution is 2.34. The Hall–Kier alpha value is -1.68. The lowest BCUT2D eigenvalue weighted by Gasteiger charge is -2.20. The molecule has 0 fully saturated rings. The molecule has 0 aliphatic heterocycles. The van der Waals surface area contributed by atoms with Crippen LogP contribution in [0.25, 0.3) is 10.6 Å². The Kier molecular flexibility index (Phi) is 5.11. The van der Waals surface area contributed by atoms with Crippen molar-refractivity contribution in [2.45, 2.75) is 39.5 Å². The number of thiazole rings is 1. The van der Waals surface area contributed by atoms with Crippen molar-refractivity contribution in [3.05, 3.63) is 40.9 Å². The number of aromatic nitrogens is 1. The van der Waals surface area contributed by atoms with Gasteiger partial charge in [0.15, 0.2) is 0 Å². The number of nitrogens with zero attached hydrogens (tertiary/aromatic N) is 1. The largest absolute Gasteiger partial charge is 0.356 e. The Balaban J connectivity index is 1.64. The first kappa shape index (κ1) is 16.2. The van der Waals surface area contributed by atoms with Gasteiger partial charge in [0.2, 0.25) is 5.91 Å². The van der Waals surface area contributed by atoms with Crippen LogP contribution in [0.1, 0.15) is 37.3 Å². The number of amides is 1. The lowest BCUT2D eigenvalue weighted by Crippen LogP contribution is -2.34. The van der Waals surface area contributed by atoms with Crippen LogP contribution in [-0.2, 0) is 17.6 Å². The van der Waals surface area contributed by atoms with Gasteiger partial charge in [-0.3, -0.25) is 4.79 Å². The standard InChI is InChI=1S/C19H24N2OS/c1-13(2)10-11-20-18(22)15-8-9-16-17(12-15)23-19(21-16)14-6-4-3-5-7-14/h3-7,13,15H,8-12H2,1-2H3,(H,20,22). The average molecular weight is 328 g/mol. The Morgan fingerprint density at radius 2 is 2.13 bits per heavy atom. The summed E-state index contributed by atoms with van der Waals surface area (Å²) in [5, 5.41) is 4.18. The zero-order chi connectivity index (χ0) is 16.2. The third-order valence-corrected chi connectivity index (χ3v) is 5.52. The van der Waals surface area contributed by atoms with Crippen LogP contribution in [0.3, 0.4) is 0 Å². The second-order valence-electron chi connectivity index (χ2n) is 6.67. The lowest BCUT2D eigenvalue weighted by atomic mass is 9.90. The Labute approximate surface area is 142 Å². The van der Waals surface area contributed by atoms with Gasteiger partial charge in [0, 0.05) is 22.9 Å². The molecular weight excluding hydrogens is 304 g/mol. The molecule has 1 atom stereocenters. The maximum atomic E-state index is 12.3. The molecule has 1 N–H and O–H groups in total. The molecule has 0 saturated heterocycles. The molecule has 4 heteroatoms. The lowest BCUT2D eigenvalue weighted by molar-refractivity contribution is -0.125. The highest BCUT2D eigenvalue weighted by Gasteiger charge is 2.27. The van der Waals surface area contributed by atoms with Gasteiger partial charge in [-0.05, 0) is 31.6 Å². The van der Waals surface area contributed by atoms with Crippen LogP contribution >= 0.6 is 11.3 Å². The highest BCUT2D eigenvalue weighted by molar-refractivity contribution is 7.15. The molecular formula is C19H24N2OS. The number of rotatable bonds is 5. The summed E-state index contributed by atoms with van der Waals surface area (Å²) in [7, 11) is 0. The maximum Gasteiger partial charge on any atom is 0.223 e. The summed E-state index contributed by atoms with van der Waals surface area (Å²) >= 11 is 1.75. The minimum Gasteiger partial charge on any atom is -0.356 e. The molecule has 23 heavy (non-hydrogen) atoms. The van der Waals surface area contributed by atoms with Crippen molar-refractivity contribution in [1.82, 2.24) is 10.3 Å². The maximum absolute atomic E-state index is 12.3. The van der Waals surface area contributed by atoms with Gasteiger partial charge in [-0.25, -0.2) is 4.98 Å². The van der Waals surface area contributed by atoms with Gasteiger partial charge in [-0.2, -0.15) is 0 Å². The van der Waals surface area contributed by atoms with Crippen molar-refractivity contribution in [1.29, 1.82) is 0 Å². The predicted molar refractivity (Wildman–Crippen MR) is 95.5 cm³/mol. The van der Waals surface area contributed by atoms with E-state index in [1.165, 1.54) is 16.1 Å². The fourth-order valence-electron chi connectivity index (χ4n) is 2.93. The third-order valence-electron chi connectivity index (χ3n) is 4.35. The van der Waals surface area contributed by atoms with Crippen molar-refractivity contribution in [3.63, 3.8) is 0 Å². The molecule has 0 saturated carbocycles. The van der Waals surface area contributed by atoms with E-state index < -0.39 is 0 Å². The van der Waals surface area contributed by atoms with Crippen molar-refractivity contribution < 1.29 is 4.79 Å². The molecule has 0 radical (unpaired) electrons. The topological polar surface area (TPSA) is 42.0 Å². The first-order valence-electron chi connectivity index (χ1n) is 8.45. The molecule has 1 aliphatic carbocycles. The molecule has 122 valence electrons. The van der Waals surface area contributed by atoms with Gasteiger partial charge >= 0.3 is 0 Å². The Morgan fingerprint density at radius 3 is 2.87 bits per heavy atom. The molecule has 0 spiro atoms. The number of hydrogen-bond donors (Lipinski definition) is 1. The fraction of sp³-hybridized carbons (Fsp3) is 0.474. The number of benzene rings is 1. The van der Waals surface area contributed by atoms with Crippen LogP contribution < -0.4 is 5.32 Å². The van der Waals surface area contributed by atoms with E-state index in [4.69, 9.17) is 4.98 Å². The summed E-state index contributed by atoms with van der Waals surface area (Å²) in [4.78, 5) is 18.4. The van der Waals surface area contributed by atoms with Gasteiger partial charge in [-0.15, -0.1) is 11.3 Å². The summed E-state index contributed by atoms with van der Waals surface area (Å²) in [5.41, 5.74) is 2.37. The average Bonchev–Trinajstić information content (AvgIpc) is 2.98. The Bertz CT molecular complexity index is 663. The monoisotopic (exact) mass is 328 g/mol. The molecule has 1 heterocycles. The van der Waals surface area contributed by atoms with E-state index in [1.54, 1.807) is 11.3 Å². The smallest absolute Gasteiger partial charge is 0.223 e. The van der Waals surface area contributed by atoms with Crippen molar-refractivity contribution in [2.24, 2.45) is 11.8 Å². The van der Waals surface area contributed by atoms with Gasteiger partial charge < -0.3 is 5.32 Å². The van der Waals surface area contributed by atoms with Crippen LogP contribution in [0.5, 0.6) is 0 Å². The number of carbonyl (C=O) groups is 1. The third kappa shape index (κ3) is 3.99. The zero-order valence-corrected chi connectivity index (χ0v) is 14.7. The van der Waals surface area contributed by atoms with Crippen molar-refractivity contribution in [3.8, 4) is 10.6 Å². The van der Waals surface area contributed by atoms with E-state index in [0.29, 0.717) is 5.92 Å². The quantitative estimate of drug-likeness (QED) is 0.898. The van der Waals surface area contributed by atoms with Crippen molar-refractivity contribution in [2.75, 3.05) is 6.54 Å². The number of aryl methyl sites for hydroxylation is 1.